The van der Waals surface area contributed by atoms with Crippen molar-refractivity contribution in [3.8, 4) is 0 Å². The van der Waals surface area contributed by atoms with Crippen LogP contribution in [0.15, 0.2) is 0 Å². The molecule has 1 saturated carbocycles. The highest BCUT2D eigenvalue weighted by molar-refractivity contribution is 5.83. The van der Waals surface area contributed by atoms with Crippen LogP contribution >= 0.6 is 0 Å². The SMILES string of the molecule is CN1C2CCC1CN(C(=O)C1(CN)CCCCC1)CC2. The minimum atomic E-state index is -0.236. The van der Waals surface area contributed by atoms with Crippen molar-refractivity contribution >= 4 is 5.91 Å². The van der Waals surface area contributed by atoms with Crippen molar-refractivity contribution in [3.63, 3.8) is 0 Å². The van der Waals surface area contributed by atoms with Gasteiger partial charge in [-0.1, -0.05) is 19.3 Å². The number of nitrogens with zero attached hydrogens (tertiary/aromatic N) is 2. The van der Waals surface area contributed by atoms with Crippen molar-refractivity contribution in [1.29, 1.82) is 0 Å². The number of fused-ring (bicyclic) bond motifs is 2. The molecule has 0 aromatic carbocycles. The Morgan fingerprint density at radius 2 is 1.85 bits per heavy atom. The molecule has 4 nitrogen and oxygen atoms in total. The molecule has 1 amide bonds. The van der Waals surface area contributed by atoms with Crippen LogP contribution in [0.2, 0.25) is 0 Å². The van der Waals surface area contributed by atoms with Crippen molar-refractivity contribution in [2.24, 2.45) is 11.1 Å². The number of hydrogen-bond donors (Lipinski definition) is 1. The number of rotatable bonds is 2. The first-order chi connectivity index (χ1) is 9.66. The van der Waals surface area contributed by atoms with E-state index in [0.717, 1.165) is 32.4 Å². The molecule has 2 N–H and O–H groups in total. The molecular formula is C16H29N3O. The van der Waals surface area contributed by atoms with E-state index >= 15 is 0 Å². The molecule has 2 aliphatic heterocycles. The average Bonchev–Trinajstić information content (AvgIpc) is 2.72. The highest BCUT2D eigenvalue weighted by Gasteiger charge is 2.43. The molecule has 0 aromatic rings. The van der Waals surface area contributed by atoms with Crippen LogP contribution in [0.25, 0.3) is 0 Å². The highest BCUT2D eigenvalue weighted by atomic mass is 16.2. The third-order valence-corrected chi connectivity index (χ3v) is 6.09. The summed E-state index contributed by atoms with van der Waals surface area (Å²) in [6, 6.07) is 1.27. The summed E-state index contributed by atoms with van der Waals surface area (Å²) >= 11 is 0. The molecule has 0 spiro atoms. The van der Waals surface area contributed by atoms with Gasteiger partial charge in [0.1, 0.15) is 0 Å². The molecule has 3 rings (SSSR count). The van der Waals surface area contributed by atoms with Gasteiger partial charge in [-0.2, -0.15) is 0 Å². The van der Waals surface area contributed by atoms with Gasteiger partial charge in [-0.15, -0.1) is 0 Å². The van der Waals surface area contributed by atoms with Crippen LogP contribution in [-0.4, -0.2) is 54.5 Å². The lowest BCUT2D eigenvalue weighted by molar-refractivity contribution is -0.144. The van der Waals surface area contributed by atoms with E-state index in [2.05, 4.69) is 16.8 Å². The van der Waals surface area contributed by atoms with Crippen LogP contribution in [0.1, 0.15) is 51.4 Å². The first-order valence-electron chi connectivity index (χ1n) is 8.38. The Morgan fingerprint density at radius 3 is 2.55 bits per heavy atom. The smallest absolute Gasteiger partial charge is 0.230 e. The van der Waals surface area contributed by atoms with Crippen LogP contribution < -0.4 is 5.73 Å². The predicted molar refractivity (Wildman–Crippen MR) is 80.3 cm³/mol. The summed E-state index contributed by atoms with van der Waals surface area (Å²) in [4.78, 5) is 17.7. The second kappa shape index (κ2) is 5.64. The first kappa shape index (κ1) is 14.3. The Balaban J connectivity index is 1.73. The molecule has 20 heavy (non-hydrogen) atoms. The molecule has 0 radical (unpaired) electrons. The Kier molecular flexibility index (Phi) is 4.04. The van der Waals surface area contributed by atoms with Gasteiger partial charge < -0.3 is 10.6 Å². The Morgan fingerprint density at radius 1 is 1.15 bits per heavy atom. The molecule has 2 heterocycles. The van der Waals surface area contributed by atoms with Crippen LogP contribution in [-0.2, 0) is 4.79 Å². The molecule has 4 heteroatoms. The Labute approximate surface area is 122 Å². The molecule has 2 saturated heterocycles. The normalized spacial score (nSPS) is 34.0. The number of carbonyl (C=O) groups is 1. The third kappa shape index (κ3) is 2.37. The van der Waals surface area contributed by atoms with Gasteiger partial charge in [0.15, 0.2) is 0 Å². The van der Waals surface area contributed by atoms with Crippen molar-refractivity contribution in [1.82, 2.24) is 9.80 Å². The minimum absolute atomic E-state index is 0.236. The van der Waals surface area contributed by atoms with Gasteiger partial charge in [0.2, 0.25) is 5.91 Å². The molecule has 2 bridgehead atoms. The van der Waals surface area contributed by atoms with E-state index in [4.69, 9.17) is 5.73 Å². The summed E-state index contributed by atoms with van der Waals surface area (Å²) in [7, 11) is 2.23. The number of nitrogens with two attached hydrogens (primary N) is 1. The zero-order valence-corrected chi connectivity index (χ0v) is 12.8. The van der Waals surface area contributed by atoms with Crippen LogP contribution in [0, 0.1) is 5.41 Å². The summed E-state index contributed by atoms with van der Waals surface area (Å²) in [6.45, 7) is 2.39. The number of likely N-dealkylation sites (tertiary alicyclic amines) is 1. The lowest BCUT2D eigenvalue weighted by atomic mass is 9.73. The minimum Gasteiger partial charge on any atom is -0.341 e. The van der Waals surface area contributed by atoms with Crippen molar-refractivity contribution in [3.05, 3.63) is 0 Å². The fraction of sp³-hybridized carbons (Fsp3) is 0.938. The highest BCUT2D eigenvalue weighted by Crippen LogP contribution is 2.38. The van der Waals surface area contributed by atoms with Gasteiger partial charge in [0, 0.05) is 31.7 Å². The van der Waals surface area contributed by atoms with Gasteiger partial charge in [-0.3, -0.25) is 9.69 Å². The lowest BCUT2D eigenvalue weighted by Gasteiger charge is -2.39. The van der Waals surface area contributed by atoms with E-state index in [9.17, 15) is 4.79 Å². The first-order valence-corrected chi connectivity index (χ1v) is 8.38. The summed E-state index contributed by atoms with van der Waals surface area (Å²) in [6.07, 6.45) is 9.31. The summed E-state index contributed by atoms with van der Waals surface area (Å²) in [5.74, 6) is 0.362. The van der Waals surface area contributed by atoms with Crippen molar-refractivity contribution in [2.75, 3.05) is 26.7 Å². The van der Waals surface area contributed by atoms with Crippen LogP contribution in [0.5, 0.6) is 0 Å². The quantitative estimate of drug-likeness (QED) is 0.835. The largest absolute Gasteiger partial charge is 0.341 e. The number of amides is 1. The maximum Gasteiger partial charge on any atom is 0.230 e. The van der Waals surface area contributed by atoms with Crippen molar-refractivity contribution in [2.45, 2.75) is 63.5 Å². The maximum atomic E-state index is 13.1. The molecular weight excluding hydrogens is 250 g/mol. The lowest BCUT2D eigenvalue weighted by Crippen LogP contribution is -2.51. The Bertz CT molecular complexity index is 365. The molecule has 3 fully saturated rings. The van der Waals surface area contributed by atoms with Crippen LogP contribution in [0.3, 0.4) is 0 Å². The van der Waals surface area contributed by atoms with E-state index in [-0.39, 0.29) is 5.41 Å². The fourth-order valence-corrected chi connectivity index (χ4v) is 4.56. The molecule has 3 aliphatic rings. The van der Waals surface area contributed by atoms with E-state index in [1.165, 1.54) is 32.1 Å². The monoisotopic (exact) mass is 279 g/mol. The van der Waals surface area contributed by atoms with E-state index < -0.39 is 0 Å². The number of hydrogen-bond acceptors (Lipinski definition) is 3. The summed E-state index contributed by atoms with van der Waals surface area (Å²) in [5, 5.41) is 0. The van der Waals surface area contributed by atoms with Gasteiger partial charge in [-0.05, 0) is 39.2 Å². The number of likely N-dealkylation sites (N-methyl/N-ethyl adjacent to an activating group) is 1. The third-order valence-electron chi connectivity index (χ3n) is 6.09. The molecule has 0 aromatic heterocycles. The number of carbonyl (C=O) groups excluding carboxylic acids is 1. The van der Waals surface area contributed by atoms with Gasteiger partial charge in [-0.25, -0.2) is 0 Å². The second-order valence-corrected chi connectivity index (χ2v) is 7.14. The predicted octanol–water partition coefficient (Wildman–Crippen LogP) is 1.59. The van der Waals surface area contributed by atoms with Crippen molar-refractivity contribution < 1.29 is 4.79 Å². The molecule has 1 aliphatic carbocycles. The van der Waals surface area contributed by atoms with Crippen LogP contribution in [0.4, 0.5) is 0 Å². The standard InChI is InChI=1S/C16H29N3O/c1-18-13-5-6-14(18)11-19(10-7-13)15(20)16(12-17)8-3-2-4-9-16/h13-14H,2-12,17H2,1H3. The van der Waals surface area contributed by atoms with E-state index in [1.807, 2.05) is 0 Å². The zero-order chi connectivity index (χ0) is 14.2. The average molecular weight is 279 g/mol. The fourth-order valence-electron chi connectivity index (χ4n) is 4.56. The van der Waals surface area contributed by atoms with Gasteiger partial charge >= 0.3 is 0 Å². The second-order valence-electron chi connectivity index (χ2n) is 7.14. The van der Waals surface area contributed by atoms with E-state index in [0.29, 0.717) is 24.5 Å². The topological polar surface area (TPSA) is 49.6 Å². The summed E-state index contributed by atoms with van der Waals surface area (Å²) in [5.41, 5.74) is 5.79. The maximum absolute atomic E-state index is 13.1. The molecule has 2 unspecified atom stereocenters. The molecule has 2 atom stereocenters. The Hall–Kier alpha value is -0.610. The summed E-state index contributed by atoms with van der Waals surface area (Å²) < 4.78 is 0. The van der Waals surface area contributed by atoms with Gasteiger partial charge in [0.05, 0.1) is 5.41 Å². The zero-order valence-electron chi connectivity index (χ0n) is 12.8. The van der Waals surface area contributed by atoms with E-state index in [1.54, 1.807) is 0 Å². The van der Waals surface area contributed by atoms with Gasteiger partial charge in [0.25, 0.3) is 0 Å². The molecule has 114 valence electrons.